The molecule has 0 aromatic carbocycles. The quantitative estimate of drug-likeness (QED) is 0.568. The van der Waals surface area contributed by atoms with Crippen molar-refractivity contribution in [1.82, 2.24) is 4.90 Å². The monoisotopic (exact) mass is 255 g/mol. The van der Waals surface area contributed by atoms with E-state index in [9.17, 15) is 14.4 Å². The van der Waals surface area contributed by atoms with Crippen molar-refractivity contribution in [2.24, 2.45) is 0 Å². The van der Waals surface area contributed by atoms with Crippen LogP contribution in [0.4, 0.5) is 0 Å². The molecule has 0 aromatic heterocycles. The maximum Gasteiger partial charge on any atom is 0.308 e. The van der Waals surface area contributed by atoms with E-state index in [1.165, 1.54) is 4.90 Å². The van der Waals surface area contributed by atoms with Gasteiger partial charge in [0, 0.05) is 19.4 Å². The van der Waals surface area contributed by atoms with E-state index in [1.54, 1.807) is 20.8 Å². The molecule has 1 heterocycles. The Bertz CT molecular complexity index is 325. The Morgan fingerprint density at radius 1 is 1.17 bits per heavy atom. The molecule has 1 fully saturated rings. The van der Waals surface area contributed by atoms with Crippen molar-refractivity contribution >= 4 is 17.8 Å². The number of hydrogen-bond acceptors (Lipinski definition) is 4. The van der Waals surface area contributed by atoms with E-state index in [4.69, 9.17) is 4.74 Å². The van der Waals surface area contributed by atoms with Crippen LogP contribution in [-0.4, -0.2) is 34.8 Å². The van der Waals surface area contributed by atoms with E-state index in [0.717, 1.165) is 12.8 Å². The van der Waals surface area contributed by atoms with Gasteiger partial charge in [-0.25, -0.2) is 0 Å². The molecular weight excluding hydrogens is 234 g/mol. The molecule has 0 aromatic rings. The van der Waals surface area contributed by atoms with Crippen molar-refractivity contribution in [2.45, 2.75) is 58.5 Å². The molecule has 18 heavy (non-hydrogen) atoms. The summed E-state index contributed by atoms with van der Waals surface area (Å²) in [6.07, 6.45) is 2.33. The van der Waals surface area contributed by atoms with Gasteiger partial charge in [-0.2, -0.15) is 0 Å². The van der Waals surface area contributed by atoms with E-state index < -0.39 is 5.60 Å². The van der Waals surface area contributed by atoms with E-state index in [1.807, 2.05) is 0 Å². The van der Waals surface area contributed by atoms with Crippen LogP contribution in [-0.2, 0) is 19.1 Å². The van der Waals surface area contributed by atoms with Crippen molar-refractivity contribution in [3.05, 3.63) is 0 Å². The summed E-state index contributed by atoms with van der Waals surface area (Å²) in [6, 6.07) is 0. The van der Waals surface area contributed by atoms with Gasteiger partial charge in [0.05, 0.1) is 6.42 Å². The Morgan fingerprint density at radius 3 is 2.11 bits per heavy atom. The lowest BCUT2D eigenvalue weighted by atomic mass is 10.2. The standard InChI is InChI=1S/C13H21NO4/c1-13(2,3)18-12(17)8-9-14-10(15)6-4-5-7-11(14)16/h4-9H2,1-3H3. The maximum atomic E-state index is 11.7. The number of imide groups is 1. The highest BCUT2D eigenvalue weighted by atomic mass is 16.6. The average Bonchev–Trinajstić information content (AvgIpc) is 2.36. The highest BCUT2D eigenvalue weighted by molar-refractivity contribution is 5.96. The predicted octanol–water partition coefficient (Wildman–Crippen LogP) is 1.65. The first-order valence-electron chi connectivity index (χ1n) is 6.34. The van der Waals surface area contributed by atoms with Gasteiger partial charge < -0.3 is 4.74 Å². The number of nitrogens with zero attached hydrogens (tertiary/aromatic N) is 1. The van der Waals surface area contributed by atoms with Crippen LogP contribution < -0.4 is 0 Å². The fourth-order valence-corrected chi connectivity index (χ4v) is 1.81. The van der Waals surface area contributed by atoms with Crippen molar-refractivity contribution < 1.29 is 19.1 Å². The summed E-state index contributed by atoms with van der Waals surface area (Å²) >= 11 is 0. The first-order valence-corrected chi connectivity index (χ1v) is 6.34. The molecule has 5 nitrogen and oxygen atoms in total. The minimum Gasteiger partial charge on any atom is -0.460 e. The van der Waals surface area contributed by atoms with Crippen LogP contribution in [0.15, 0.2) is 0 Å². The zero-order valence-electron chi connectivity index (χ0n) is 11.3. The maximum absolute atomic E-state index is 11.7. The SMILES string of the molecule is CC(C)(C)OC(=O)CCN1C(=O)CCCCC1=O. The van der Waals surface area contributed by atoms with Crippen LogP contribution in [0.3, 0.4) is 0 Å². The minimum atomic E-state index is -0.538. The largest absolute Gasteiger partial charge is 0.460 e. The third kappa shape index (κ3) is 4.85. The summed E-state index contributed by atoms with van der Waals surface area (Å²) in [4.78, 5) is 36.1. The van der Waals surface area contributed by atoms with E-state index in [2.05, 4.69) is 0 Å². The third-order valence-corrected chi connectivity index (χ3v) is 2.59. The van der Waals surface area contributed by atoms with Gasteiger partial charge in [0.25, 0.3) is 0 Å². The number of amides is 2. The molecule has 1 aliphatic rings. The number of ether oxygens (including phenoxy) is 1. The first-order chi connectivity index (χ1) is 8.29. The van der Waals surface area contributed by atoms with Crippen molar-refractivity contribution in [3.63, 3.8) is 0 Å². The van der Waals surface area contributed by atoms with Crippen LogP contribution in [0.1, 0.15) is 52.9 Å². The minimum absolute atomic E-state index is 0.0642. The number of hydrogen-bond donors (Lipinski definition) is 0. The lowest BCUT2D eigenvalue weighted by Crippen LogP contribution is -2.37. The highest BCUT2D eigenvalue weighted by Gasteiger charge is 2.25. The molecule has 0 saturated carbocycles. The summed E-state index contributed by atoms with van der Waals surface area (Å²) in [7, 11) is 0. The average molecular weight is 255 g/mol. The van der Waals surface area contributed by atoms with Crippen LogP contribution in [0.5, 0.6) is 0 Å². The molecule has 0 aliphatic carbocycles. The van der Waals surface area contributed by atoms with Gasteiger partial charge >= 0.3 is 5.97 Å². The van der Waals surface area contributed by atoms with Crippen molar-refractivity contribution in [1.29, 1.82) is 0 Å². The third-order valence-electron chi connectivity index (χ3n) is 2.59. The van der Waals surface area contributed by atoms with E-state index in [0.29, 0.717) is 12.8 Å². The number of likely N-dealkylation sites (tertiary alicyclic amines) is 1. The second kappa shape index (κ2) is 5.98. The summed E-state index contributed by atoms with van der Waals surface area (Å²) in [5.41, 5.74) is -0.538. The molecule has 0 radical (unpaired) electrons. The Kier molecular flexibility index (Phi) is 4.87. The molecule has 1 aliphatic heterocycles. The molecule has 102 valence electrons. The van der Waals surface area contributed by atoms with Crippen molar-refractivity contribution in [3.8, 4) is 0 Å². The molecule has 5 heteroatoms. The number of carbonyl (C=O) groups excluding carboxylic acids is 3. The van der Waals surface area contributed by atoms with Gasteiger partial charge in [-0.05, 0) is 33.6 Å². The molecule has 1 saturated heterocycles. The van der Waals surface area contributed by atoms with Gasteiger partial charge in [0.2, 0.25) is 11.8 Å². The van der Waals surface area contributed by atoms with Gasteiger partial charge in [-0.15, -0.1) is 0 Å². The number of rotatable bonds is 3. The summed E-state index contributed by atoms with van der Waals surface area (Å²) in [6.45, 7) is 5.49. The van der Waals surface area contributed by atoms with Crippen LogP contribution in [0.25, 0.3) is 0 Å². The molecule has 0 spiro atoms. The van der Waals surface area contributed by atoms with Crippen molar-refractivity contribution in [2.75, 3.05) is 6.54 Å². The van der Waals surface area contributed by atoms with E-state index in [-0.39, 0.29) is 30.7 Å². The molecule has 0 unspecified atom stereocenters. The van der Waals surface area contributed by atoms with Crippen LogP contribution in [0.2, 0.25) is 0 Å². The Balaban J connectivity index is 2.48. The zero-order valence-corrected chi connectivity index (χ0v) is 11.3. The normalized spacial score (nSPS) is 17.6. The summed E-state index contributed by atoms with van der Waals surface area (Å²) in [5, 5.41) is 0. The molecule has 0 N–H and O–H groups in total. The fourth-order valence-electron chi connectivity index (χ4n) is 1.81. The summed E-state index contributed by atoms with van der Waals surface area (Å²) in [5.74, 6) is -0.741. The second-order valence-electron chi connectivity index (χ2n) is 5.48. The molecule has 0 atom stereocenters. The van der Waals surface area contributed by atoms with Crippen LogP contribution >= 0.6 is 0 Å². The van der Waals surface area contributed by atoms with Gasteiger partial charge in [-0.1, -0.05) is 0 Å². The van der Waals surface area contributed by atoms with Gasteiger partial charge in [0.1, 0.15) is 5.60 Å². The number of esters is 1. The smallest absolute Gasteiger partial charge is 0.308 e. The van der Waals surface area contributed by atoms with Gasteiger partial charge in [-0.3, -0.25) is 19.3 Å². The fraction of sp³-hybridized carbons (Fsp3) is 0.769. The first kappa shape index (κ1) is 14.7. The molecular formula is C13H21NO4. The van der Waals surface area contributed by atoms with Crippen LogP contribution in [0, 0.1) is 0 Å². The second-order valence-corrected chi connectivity index (χ2v) is 5.48. The Morgan fingerprint density at radius 2 is 1.67 bits per heavy atom. The Hall–Kier alpha value is -1.39. The zero-order chi connectivity index (χ0) is 13.8. The van der Waals surface area contributed by atoms with Gasteiger partial charge in [0.15, 0.2) is 0 Å². The Labute approximate surface area is 107 Å². The molecule has 1 rings (SSSR count). The lowest BCUT2D eigenvalue weighted by Gasteiger charge is -2.22. The lowest BCUT2D eigenvalue weighted by molar-refractivity contribution is -0.155. The van der Waals surface area contributed by atoms with E-state index >= 15 is 0 Å². The molecule has 2 amide bonds. The summed E-state index contributed by atoms with van der Waals surface area (Å²) < 4.78 is 5.14. The predicted molar refractivity (Wildman–Crippen MR) is 65.7 cm³/mol. The topological polar surface area (TPSA) is 63.7 Å². The number of carbonyl (C=O) groups is 3. The highest BCUT2D eigenvalue weighted by Crippen LogP contribution is 2.14. The molecule has 0 bridgehead atoms.